The Balaban J connectivity index is 2.50. The zero-order valence-corrected chi connectivity index (χ0v) is 11.6. The van der Waals surface area contributed by atoms with Gasteiger partial charge in [0, 0.05) is 11.3 Å². The summed E-state index contributed by atoms with van der Waals surface area (Å²) in [6, 6.07) is 9.88. The second-order valence-electron chi connectivity index (χ2n) is 6.18. The van der Waals surface area contributed by atoms with E-state index in [-0.39, 0.29) is 11.3 Å². The van der Waals surface area contributed by atoms with Crippen LogP contribution in [0.2, 0.25) is 0 Å². The van der Waals surface area contributed by atoms with E-state index in [0.717, 1.165) is 0 Å². The number of ketones is 1. The minimum absolute atomic E-state index is 0.172. The van der Waals surface area contributed by atoms with Crippen LogP contribution in [0.4, 0.5) is 4.39 Å². The van der Waals surface area contributed by atoms with Crippen molar-refractivity contribution in [2.45, 2.75) is 26.7 Å². The number of carbonyl (C=O) groups excluding carboxylic acids is 1. The summed E-state index contributed by atoms with van der Waals surface area (Å²) in [6.07, 6.45) is 0. The van der Waals surface area contributed by atoms with Gasteiger partial charge in [0.1, 0.15) is 11.6 Å². The van der Waals surface area contributed by atoms with E-state index in [1.807, 2.05) is 12.1 Å². The molecule has 0 bridgehead atoms. The number of nitriles is 2. The monoisotopic (exact) mass is 270 g/mol. The Morgan fingerprint density at radius 3 is 2.25 bits per heavy atom. The highest BCUT2D eigenvalue weighted by Crippen LogP contribution is 2.66. The van der Waals surface area contributed by atoms with Gasteiger partial charge in [-0.05, 0) is 11.6 Å². The Kier molecular flexibility index (Phi) is 3.14. The number of rotatable bonds is 2. The molecule has 102 valence electrons. The van der Waals surface area contributed by atoms with Crippen molar-refractivity contribution < 1.29 is 9.18 Å². The Hall–Kier alpha value is -2.20. The van der Waals surface area contributed by atoms with Gasteiger partial charge in [0.15, 0.2) is 5.41 Å². The lowest BCUT2D eigenvalue weighted by Crippen LogP contribution is -2.24. The summed E-state index contributed by atoms with van der Waals surface area (Å²) in [4.78, 5) is 12.4. The highest BCUT2D eigenvalue weighted by molar-refractivity contribution is 5.92. The molecule has 0 amide bonds. The van der Waals surface area contributed by atoms with E-state index in [4.69, 9.17) is 0 Å². The maximum absolute atomic E-state index is 13.9. The standard InChI is InChI=1S/C16H15FN2O/c1-15(2,3)14(20)13-12(16(13,8-18)9-19)10-6-4-5-7-11(10)17/h4-7,12-13H,1-3H3/t12-,13+/m1/s1. The molecule has 1 saturated carbocycles. The maximum atomic E-state index is 13.9. The first-order chi connectivity index (χ1) is 9.29. The van der Waals surface area contributed by atoms with Crippen LogP contribution in [0.15, 0.2) is 24.3 Å². The molecule has 20 heavy (non-hydrogen) atoms. The number of hydrogen-bond donors (Lipinski definition) is 0. The molecule has 0 heterocycles. The van der Waals surface area contributed by atoms with Crippen LogP contribution in [0.1, 0.15) is 32.3 Å². The second kappa shape index (κ2) is 4.42. The first-order valence-corrected chi connectivity index (χ1v) is 6.41. The molecule has 0 N–H and O–H groups in total. The van der Waals surface area contributed by atoms with Gasteiger partial charge in [0.2, 0.25) is 0 Å². The Labute approximate surface area is 117 Å². The van der Waals surface area contributed by atoms with E-state index < -0.39 is 28.5 Å². The van der Waals surface area contributed by atoms with Gasteiger partial charge in [-0.3, -0.25) is 4.79 Å². The van der Waals surface area contributed by atoms with Crippen LogP contribution < -0.4 is 0 Å². The van der Waals surface area contributed by atoms with Gasteiger partial charge in [-0.2, -0.15) is 10.5 Å². The summed E-state index contributed by atoms with van der Waals surface area (Å²) in [7, 11) is 0. The van der Waals surface area contributed by atoms with Crippen molar-refractivity contribution in [1.29, 1.82) is 10.5 Å². The number of halogens is 1. The number of nitrogens with zero attached hydrogens (tertiary/aromatic N) is 2. The average Bonchev–Trinajstić information content (AvgIpc) is 3.06. The normalized spacial score (nSPS) is 23.5. The molecule has 1 aliphatic carbocycles. The summed E-state index contributed by atoms with van der Waals surface area (Å²) >= 11 is 0. The fourth-order valence-electron chi connectivity index (χ4n) is 2.67. The smallest absolute Gasteiger partial charge is 0.161 e. The van der Waals surface area contributed by atoms with Crippen molar-refractivity contribution in [2.75, 3.05) is 0 Å². The van der Waals surface area contributed by atoms with Crippen molar-refractivity contribution in [3.8, 4) is 12.1 Å². The average molecular weight is 270 g/mol. The predicted molar refractivity (Wildman–Crippen MR) is 70.8 cm³/mol. The number of carbonyl (C=O) groups is 1. The van der Waals surface area contributed by atoms with Gasteiger partial charge in [-0.1, -0.05) is 39.0 Å². The molecule has 1 fully saturated rings. The largest absolute Gasteiger partial charge is 0.299 e. The molecular weight excluding hydrogens is 255 g/mol. The van der Waals surface area contributed by atoms with Crippen molar-refractivity contribution in [1.82, 2.24) is 0 Å². The lowest BCUT2D eigenvalue weighted by molar-refractivity contribution is -0.128. The molecule has 0 aromatic heterocycles. The summed E-state index contributed by atoms with van der Waals surface area (Å²) in [5, 5.41) is 18.6. The molecule has 0 spiro atoms. The van der Waals surface area contributed by atoms with Crippen LogP contribution in [-0.4, -0.2) is 5.78 Å². The minimum atomic E-state index is -1.44. The van der Waals surface area contributed by atoms with Crippen LogP contribution in [0.25, 0.3) is 0 Å². The van der Waals surface area contributed by atoms with Crippen LogP contribution >= 0.6 is 0 Å². The van der Waals surface area contributed by atoms with Crippen molar-refractivity contribution in [2.24, 2.45) is 16.7 Å². The summed E-state index contributed by atoms with van der Waals surface area (Å²) in [5.74, 6) is -2.08. The fraction of sp³-hybridized carbons (Fsp3) is 0.438. The summed E-state index contributed by atoms with van der Waals surface area (Å²) < 4.78 is 13.9. The third-order valence-electron chi connectivity index (χ3n) is 3.84. The fourth-order valence-corrected chi connectivity index (χ4v) is 2.67. The number of benzene rings is 1. The van der Waals surface area contributed by atoms with Crippen LogP contribution in [-0.2, 0) is 4.79 Å². The van der Waals surface area contributed by atoms with Gasteiger partial charge in [0.25, 0.3) is 0 Å². The lowest BCUT2D eigenvalue weighted by Gasteiger charge is -2.16. The Bertz CT molecular complexity index is 632. The van der Waals surface area contributed by atoms with E-state index in [0.29, 0.717) is 0 Å². The van der Waals surface area contributed by atoms with Gasteiger partial charge in [0.05, 0.1) is 18.1 Å². The highest BCUT2D eigenvalue weighted by atomic mass is 19.1. The molecule has 0 saturated heterocycles. The molecule has 1 aromatic rings. The third-order valence-corrected chi connectivity index (χ3v) is 3.84. The Morgan fingerprint density at radius 2 is 1.80 bits per heavy atom. The molecule has 4 heteroatoms. The maximum Gasteiger partial charge on any atom is 0.161 e. The third kappa shape index (κ3) is 1.89. The molecule has 2 atom stereocenters. The Morgan fingerprint density at radius 1 is 1.25 bits per heavy atom. The number of hydrogen-bond acceptors (Lipinski definition) is 3. The molecule has 3 nitrogen and oxygen atoms in total. The molecule has 0 aliphatic heterocycles. The SMILES string of the molecule is CC(C)(C)C(=O)[C@@H]1[C@@H](c2ccccc2F)C1(C#N)C#N. The second-order valence-corrected chi connectivity index (χ2v) is 6.18. The molecule has 1 aliphatic rings. The van der Waals surface area contributed by atoms with E-state index in [9.17, 15) is 19.7 Å². The van der Waals surface area contributed by atoms with Gasteiger partial charge in [-0.15, -0.1) is 0 Å². The highest BCUT2D eigenvalue weighted by Gasteiger charge is 2.72. The van der Waals surface area contributed by atoms with Gasteiger partial charge in [-0.25, -0.2) is 4.39 Å². The minimum Gasteiger partial charge on any atom is -0.299 e. The molecular formula is C16H15FN2O. The van der Waals surface area contributed by atoms with Gasteiger partial charge >= 0.3 is 0 Å². The van der Waals surface area contributed by atoms with E-state index in [1.54, 1.807) is 39.0 Å². The summed E-state index contributed by atoms with van der Waals surface area (Å²) in [6.45, 7) is 5.22. The molecule has 2 rings (SSSR count). The van der Waals surface area contributed by atoms with Crippen LogP contribution in [0.5, 0.6) is 0 Å². The summed E-state index contributed by atoms with van der Waals surface area (Å²) in [5.41, 5.74) is -1.82. The molecule has 0 radical (unpaired) electrons. The van der Waals surface area contributed by atoms with Crippen molar-refractivity contribution in [3.05, 3.63) is 35.6 Å². The van der Waals surface area contributed by atoms with E-state index in [2.05, 4.69) is 0 Å². The molecule has 0 unspecified atom stereocenters. The predicted octanol–water partition coefficient (Wildman–Crippen LogP) is 3.19. The van der Waals surface area contributed by atoms with Crippen molar-refractivity contribution >= 4 is 5.78 Å². The quantitative estimate of drug-likeness (QED) is 0.829. The zero-order valence-electron chi connectivity index (χ0n) is 11.6. The van der Waals surface area contributed by atoms with Gasteiger partial charge < -0.3 is 0 Å². The van der Waals surface area contributed by atoms with Crippen LogP contribution in [0.3, 0.4) is 0 Å². The first kappa shape index (κ1) is 14.2. The zero-order chi connectivity index (χ0) is 15.1. The van der Waals surface area contributed by atoms with E-state index in [1.165, 1.54) is 6.07 Å². The number of Topliss-reactive ketones (excluding diaryl/α,β-unsaturated/α-hetero) is 1. The topological polar surface area (TPSA) is 64.7 Å². The lowest BCUT2D eigenvalue weighted by atomic mass is 9.85. The van der Waals surface area contributed by atoms with E-state index >= 15 is 0 Å². The van der Waals surface area contributed by atoms with Crippen LogP contribution in [0, 0.1) is 45.2 Å². The molecule has 1 aromatic carbocycles. The van der Waals surface area contributed by atoms with Crippen molar-refractivity contribution in [3.63, 3.8) is 0 Å². The first-order valence-electron chi connectivity index (χ1n) is 6.41.